The van der Waals surface area contributed by atoms with E-state index in [1.807, 2.05) is 0 Å². The fourth-order valence-corrected chi connectivity index (χ4v) is 1.62. The molecule has 0 aliphatic rings. The monoisotopic (exact) mass is 282 g/mol. The van der Waals surface area contributed by atoms with Gasteiger partial charge in [0.05, 0.1) is 18.1 Å². The van der Waals surface area contributed by atoms with Crippen LogP contribution in [0.3, 0.4) is 0 Å². The van der Waals surface area contributed by atoms with Gasteiger partial charge in [-0.05, 0) is 19.4 Å². The molecule has 0 amide bonds. The van der Waals surface area contributed by atoms with Crippen LogP contribution in [0.4, 0.5) is 5.69 Å². The zero-order valence-electron chi connectivity index (χ0n) is 11.5. The van der Waals surface area contributed by atoms with E-state index in [4.69, 9.17) is 15.2 Å². The zero-order valence-corrected chi connectivity index (χ0v) is 11.5. The van der Waals surface area contributed by atoms with Gasteiger partial charge in [-0.1, -0.05) is 12.1 Å². The number of nitro benzene ring substituents is 1. The SMILES string of the molecule is CCOC(=O)C(N)CCOc1c(C)cccc1[N+](=O)[O-]. The molecule has 20 heavy (non-hydrogen) atoms. The lowest BCUT2D eigenvalue weighted by Gasteiger charge is -2.12. The lowest BCUT2D eigenvalue weighted by Crippen LogP contribution is -2.33. The second-order valence-electron chi connectivity index (χ2n) is 4.18. The number of nitrogens with two attached hydrogens (primary N) is 1. The van der Waals surface area contributed by atoms with Crippen LogP contribution in [0.5, 0.6) is 5.75 Å². The molecule has 1 unspecified atom stereocenters. The number of nitro groups is 1. The molecule has 0 radical (unpaired) electrons. The predicted octanol–water partition coefficient (Wildman–Crippen LogP) is 1.56. The number of nitrogens with zero attached hydrogens (tertiary/aromatic N) is 1. The first-order valence-electron chi connectivity index (χ1n) is 6.26. The first-order valence-corrected chi connectivity index (χ1v) is 6.26. The van der Waals surface area contributed by atoms with Gasteiger partial charge in [-0.2, -0.15) is 0 Å². The van der Waals surface area contributed by atoms with Crippen LogP contribution in [-0.2, 0) is 9.53 Å². The summed E-state index contributed by atoms with van der Waals surface area (Å²) in [6.45, 7) is 3.77. The summed E-state index contributed by atoms with van der Waals surface area (Å²) in [6, 6.07) is 3.88. The van der Waals surface area contributed by atoms with E-state index in [0.717, 1.165) is 0 Å². The molecule has 0 spiro atoms. The largest absolute Gasteiger partial charge is 0.487 e. The maximum atomic E-state index is 11.3. The Labute approximate surface area is 116 Å². The number of carbonyl (C=O) groups is 1. The van der Waals surface area contributed by atoms with Gasteiger partial charge >= 0.3 is 11.7 Å². The van der Waals surface area contributed by atoms with Gasteiger partial charge in [0.1, 0.15) is 6.04 Å². The van der Waals surface area contributed by atoms with Crippen molar-refractivity contribution in [1.82, 2.24) is 0 Å². The van der Waals surface area contributed by atoms with Crippen molar-refractivity contribution in [2.45, 2.75) is 26.3 Å². The molecule has 0 saturated heterocycles. The number of ether oxygens (including phenoxy) is 2. The third kappa shape index (κ3) is 4.20. The molecule has 2 N–H and O–H groups in total. The Hall–Kier alpha value is -2.15. The molecule has 1 aromatic carbocycles. The van der Waals surface area contributed by atoms with Gasteiger partial charge in [0.15, 0.2) is 5.75 Å². The highest BCUT2D eigenvalue weighted by Gasteiger charge is 2.19. The van der Waals surface area contributed by atoms with Gasteiger partial charge in [-0.25, -0.2) is 0 Å². The number of hydrogen-bond donors (Lipinski definition) is 1. The van der Waals surface area contributed by atoms with Crippen molar-refractivity contribution in [3.8, 4) is 5.75 Å². The highest BCUT2D eigenvalue weighted by Crippen LogP contribution is 2.30. The van der Waals surface area contributed by atoms with E-state index in [2.05, 4.69) is 0 Å². The Morgan fingerprint density at radius 2 is 2.20 bits per heavy atom. The smallest absolute Gasteiger partial charge is 0.323 e. The van der Waals surface area contributed by atoms with Crippen molar-refractivity contribution < 1.29 is 19.2 Å². The highest BCUT2D eigenvalue weighted by atomic mass is 16.6. The molecule has 110 valence electrons. The number of esters is 1. The van der Waals surface area contributed by atoms with Gasteiger partial charge < -0.3 is 15.2 Å². The summed E-state index contributed by atoms with van der Waals surface area (Å²) in [5, 5.41) is 10.9. The van der Waals surface area contributed by atoms with E-state index in [-0.39, 0.29) is 31.1 Å². The number of benzene rings is 1. The van der Waals surface area contributed by atoms with Crippen LogP contribution in [0.2, 0.25) is 0 Å². The molecule has 1 atom stereocenters. The number of rotatable bonds is 7. The summed E-state index contributed by atoms with van der Waals surface area (Å²) in [6.07, 6.45) is 0.227. The van der Waals surface area contributed by atoms with Crippen molar-refractivity contribution in [3.63, 3.8) is 0 Å². The number of carbonyl (C=O) groups excluding carboxylic acids is 1. The fraction of sp³-hybridized carbons (Fsp3) is 0.462. The second-order valence-corrected chi connectivity index (χ2v) is 4.18. The highest BCUT2D eigenvalue weighted by molar-refractivity contribution is 5.75. The summed E-state index contributed by atoms with van der Waals surface area (Å²) in [5.74, 6) is -0.302. The summed E-state index contributed by atoms with van der Waals surface area (Å²) in [5.41, 5.74) is 6.17. The number of para-hydroxylation sites is 1. The topological polar surface area (TPSA) is 105 Å². The predicted molar refractivity (Wildman–Crippen MR) is 72.6 cm³/mol. The molecular weight excluding hydrogens is 264 g/mol. The minimum atomic E-state index is -0.793. The third-order valence-electron chi connectivity index (χ3n) is 2.65. The lowest BCUT2D eigenvalue weighted by molar-refractivity contribution is -0.385. The second kappa shape index (κ2) is 7.44. The molecule has 0 fully saturated rings. The molecule has 0 bridgehead atoms. The van der Waals surface area contributed by atoms with Crippen LogP contribution < -0.4 is 10.5 Å². The van der Waals surface area contributed by atoms with E-state index in [1.54, 1.807) is 26.0 Å². The Kier molecular flexibility index (Phi) is 5.92. The molecule has 0 aliphatic carbocycles. The first-order chi connectivity index (χ1) is 9.47. The summed E-state index contributed by atoms with van der Waals surface area (Å²) >= 11 is 0. The van der Waals surface area contributed by atoms with E-state index in [9.17, 15) is 14.9 Å². The minimum Gasteiger partial charge on any atom is -0.487 e. The molecule has 0 heterocycles. The average Bonchev–Trinajstić information content (AvgIpc) is 2.40. The normalized spacial score (nSPS) is 11.8. The maximum absolute atomic E-state index is 11.3. The standard InChI is InChI=1S/C13H18N2O5/c1-3-19-13(16)10(14)7-8-20-12-9(2)5-4-6-11(12)15(17)18/h4-6,10H,3,7-8,14H2,1-2H3. The molecular formula is C13H18N2O5. The van der Waals surface area contributed by atoms with Crippen molar-refractivity contribution in [2.24, 2.45) is 5.73 Å². The zero-order chi connectivity index (χ0) is 15.1. The van der Waals surface area contributed by atoms with Crippen LogP contribution in [0.15, 0.2) is 18.2 Å². The van der Waals surface area contributed by atoms with Crippen molar-refractivity contribution >= 4 is 11.7 Å². The fourth-order valence-electron chi connectivity index (χ4n) is 1.62. The number of aryl methyl sites for hydroxylation is 1. The Balaban J connectivity index is 2.62. The number of hydrogen-bond acceptors (Lipinski definition) is 6. The van der Waals surface area contributed by atoms with Crippen LogP contribution in [0.25, 0.3) is 0 Å². The van der Waals surface area contributed by atoms with E-state index < -0.39 is 16.9 Å². The van der Waals surface area contributed by atoms with Crippen molar-refractivity contribution in [3.05, 3.63) is 33.9 Å². The summed E-state index contributed by atoms with van der Waals surface area (Å²) in [4.78, 5) is 21.7. The molecule has 7 heteroatoms. The van der Waals surface area contributed by atoms with Crippen molar-refractivity contribution in [1.29, 1.82) is 0 Å². The summed E-state index contributed by atoms with van der Waals surface area (Å²) < 4.78 is 10.2. The molecule has 1 rings (SSSR count). The average molecular weight is 282 g/mol. The van der Waals surface area contributed by atoms with Crippen molar-refractivity contribution in [2.75, 3.05) is 13.2 Å². The molecule has 1 aromatic rings. The van der Waals surface area contributed by atoms with Gasteiger partial charge in [0.2, 0.25) is 0 Å². The van der Waals surface area contributed by atoms with Gasteiger partial charge in [-0.3, -0.25) is 14.9 Å². The quantitative estimate of drug-likeness (QED) is 0.462. The van der Waals surface area contributed by atoms with Crippen LogP contribution in [0.1, 0.15) is 18.9 Å². The Morgan fingerprint density at radius 3 is 2.80 bits per heavy atom. The lowest BCUT2D eigenvalue weighted by atomic mass is 10.2. The Morgan fingerprint density at radius 1 is 1.50 bits per heavy atom. The Bertz CT molecular complexity index is 490. The van der Waals surface area contributed by atoms with Gasteiger partial charge in [0.25, 0.3) is 0 Å². The van der Waals surface area contributed by atoms with Crippen LogP contribution in [-0.4, -0.2) is 30.1 Å². The first kappa shape index (κ1) is 15.9. The third-order valence-corrected chi connectivity index (χ3v) is 2.65. The van der Waals surface area contributed by atoms with Gasteiger partial charge in [0, 0.05) is 12.5 Å². The molecule has 7 nitrogen and oxygen atoms in total. The summed E-state index contributed by atoms with van der Waals surface area (Å²) in [7, 11) is 0. The van der Waals surface area contributed by atoms with E-state index in [0.29, 0.717) is 5.56 Å². The van der Waals surface area contributed by atoms with Crippen LogP contribution >= 0.6 is 0 Å². The molecule has 0 aliphatic heterocycles. The minimum absolute atomic E-state index is 0.102. The molecule has 0 saturated carbocycles. The van der Waals surface area contributed by atoms with Gasteiger partial charge in [-0.15, -0.1) is 0 Å². The molecule has 0 aromatic heterocycles. The van der Waals surface area contributed by atoms with E-state index in [1.165, 1.54) is 6.07 Å². The maximum Gasteiger partial charge on any atom is 0.323 e. The van der Waals surface area contributed by atoms with Crippen LogP contribution in [0, 0.1) is 17.0 Å². The van der Waals surface area contributed by atoms with E-state index >= 15 is 0 Å².